The molecule has 1 aromatic carbocycles. The van der Waals surface area contributed by atoms with Gasteiger partial charge in [0.25, 0.3) is 0 Å². The zero-order valence-corrected chi connectivity index (χ0v) is 11.0. The first-order chi connectivity index (χ1) is 9.46. The zero-order chi connectivity index (χ0) is 14.8. The first kappa shape index (κ1) is 14.1. The van der Waals surface area contributed by atoms with E-state index in [0.29, 0.717) is 18.6 Å². The molecule has 1 aliphatic rings. The Labute approximate surface area is 115 Å². The molecule has 1 aromatic rings. The van der Waals surface area contributed by atoms with E-state index in [4.69, 9.17) is 14.6 Å². The number of methoxy groups -OCH3 is 1. The Balaban J connectivity index is 2.28. The normalized spacial score (nSPS) is 16.1. The van der Waals surface area contributed by atoms with Gasteiger partial charge in [-0.15, -0.1) is 0 Å². The number of benzene rings is 1. The summed E-state index contributed by atoms with van der Waals surface area (Å²) in [6.45, 7) is 0. The zero-order valence-electron chi connectivity index (χ0n) is 11.0. The van der Waals surface area contributed by atoms with Crippen LogP contribution in [0.4, 0.5) is 5.69 Å². The number of carboxylic acids is 1. The Bertz CT molecular complexity index is 538. The first-order valence-corrected chi connectivity index (χ1v) is 6.19. The Morgan fingerprint density at radius 3 is 2.65 bits per heavy atom. The monoisotopic (exact) mass is 281 g/mol. The molecule has 1 fully saturated rings. The van der Waals surface area contributed by atoms with Crippen LogP contribution >= 0.6 is 0 Å². The number of hydrogen-bond donors (Lipinski definition) is 1. The van der Waals surface area contributed by atoms with Crippen LogP contribution in [0.1, 0.15) is 25.7 Å². The smallest absolute Gasteiger partial charge is 0.314 e. The lowest BCUT2D eigenvalue weighted by Crippen LogP contribution is -2.45. The van der Waals surface area contributed by atoms with Crippen LogP contribution in [0, 0.1) is 10.1 Å². The number of nitrogens with zero attached hydrogens (tertiary/aromatic N) is 1. The van der Waals surface area contributed by atoms with Crippen LogP contribution in [0.2, 0.25) is 0 Å². The quantitative estimate of drug-likeness (QED) is 0.634. The fourth-order valence-corrected chi connectivity index (χ4v) is 2.25. The molecule has 0 radical (unpaired) electrons. The second-order valence-corrected chi connectivity index (χ2v) is 4.80. The van der Waals surface area contributed by atoms with E-state index in [2.05, 4.69) is 0 Å². The molecule has 20 heavy (non-hydrogen) atoms. The maximum absolute atomic E-state index is 11.1. The lowest BCUT2D eigenvalue weighted by Gasteiger charge is -2.40. The van der Waals surface area contributed by atoms with Gasteiger partial charge in [-0.25, -0.2) is 0 Å². The Morgan fingerprint density at radius 2 is 2.20 bits per heavy atom. The van der Waals surface area contributed by atoms with E-state index in [1.54, 1.807) is 6.07 Å². The number of hydrogen-bond acceptors (Lipinski definition) is 5. The van der Waals surface area contributed by atoms with E-state index >= 15 is 0 Å². The van der Waals surface area contributed by atoms with Gasteiger partial charge in [-0.3, -0.25) is 14.9 Å². The molecular formula is C13H15NO6. The average molecular weight is 281 g/mol. The van der Waals surface area contributed by atoms with E-state index in [1.165, 1.54) is 19.2 Å². The van der Waals surface area contributed by atoms with Crippen molar-refractivity contribution in [1.82, 2.24) is 0 Å². The fraction of sp³-hybridized carbons (Fsp3) is 0.462. The van der Waals surface area contributed by atoms with E-state index in [9.17, 15) is 14.9 Å². The predicted molar refractivity (Wildman–Crippen MR) is 69.1 cm³/mol. The van der Waals surface area contributed by atoms with Crippen LogP contribution in [0.3, 0.4) is 0 Å². The number of nitro benzene ring substituents is 1. The topological polar surface area (TPSA) is 98.9 Å². The minimum atomic E-state index is -0.971. The van der Waals surface area contributed by atoms with Crippen molar-refractivity contribution >= 4 is 11.7 Å². The molecule has 0 unspecified atom stereocenters. The minimum absolute atomic E-state index is 0.0803. The molecule has 2 rings (SSSR count). The average Bonchev–Trinajstić information content (AvgIpc) is 2.35. The van der Waals surface area contributed by atoms with Crippen LogP contribution < -0.4 is 9.47 Å². The molecule has 1 aliphatic carbocycles. The first-order valence-electron chi connectivity index (χ1n) is 6.19. The lowest BCUT2D eigenvalue weighted by atomic mass is 9.77. The molecule has 0 atom stereocenters. The maximum atomic E-state index is 11.1. The largest absolute Gasteiger partial charge is 0.496 e. The van der Waals surface area contributed by atoms with Crippen molar-refractivity contribution in [3.8, 4) is 11.5 Å². The molecule has 0 heterocycles. The summed E-state index contributed by atoms with van der Waals surface area (Å²) >= 11 is 0. The molecule has 1 saturated carbocycles. The van der Waals surface area contributed by atoms with E-state index < -0.39 is 16.5 Å². The highest BCUT2D eigenvalue weighted by Gasteiger charge is 2.42. The Hall–Kier alpha value is -2.31. The molecule has 0 spiro atoms. The SMILES string of the molecule is COc1ccc(OC2(CC(=O)O)CCC2)c([N+](=O)[O-])c1. The number of aliphatic carboxylic acids is 1. The number of ether oxygens (including phenoxy) is 2. The van der Waals surface area contributed by atoms with Gasteiger partial charge in [-0.2, -0.15) is 0 Å². The lowest BCUT2D eigenvalue weighted by molar-refractivity contribution is -0.386. The molecule has 7 heteroatoms. The number of carbonyl (C=O) groups is 1. The van der Waals surface area contributed by atoms with Gasteiger partial charge in [0, 0.05) is 0 Å². The van der Waals surface area contributed by atoms with Crippen molar-refractivity contribution in [3.63, 3.8) is 0 Å². The maximum Gasteiger partial charge on any atom is 0.314 e. The summed E-state index contributed by atoms with van der Waals surface area (Å²) in [6.07, 6.45) is 1.87. The van der Waals surface area contributed by atoms with Gasteiger partial charge in [0.15, 0.2) is 5.75 Å². The molecule has 0 amide bonds. The van der Waals surface area contributed by atoms with Gasteiger partial charge in [-0.1, -0.05) is 0 Å². The van der Waals surface area contributed by atoms with Gasteiger partial charge in [0.05, 0.1) is 24.5 Å². The summed E-state index contributed by atoms with van der Waals surface area (Å²) in [5.74, 6) is -0.539. The summed E-state index contributed by atoms with van der Waals surface area (Å²) in [4.78, 5) is 21.4. The summed E-state index contributed by atoms with van der Waals surface area (Å²) in [7, 11) is 1.41. The van der Waals surface area contributed by atoms with Gasteiger partial charge >= 0.3 is 11.7 Å². The number of nitro groups is 1. The van der Waals surface area contributed by atoms with Crippen molar-refractivity contribution in [1.29, 1.82) is 0 Å². The van der Waals surface area contributed by atoms with Crippen molar-refractivity contribution in [2.75, 3.05) is 7.11 Å². The van der Waals surface area contributed by atoms with Crippen LogP contribution in [0.25, 0.3) is 0 Å². The van der Waals surface area contributed by atoms with Gasteiger partial charge in [0.1, 0.15) is 11.4 Å². The summed E-state index contributed by atoms with van der Waals surface area (Å²) in [6, 6.07) is 4.26. The van der Waals surface area contributed by atoms with E-state index in [1.807, 2.05) is 0 Å². The standard InChI is InChI=1S/C13H15NO6/c1-19-9-3-4-11(10(7-9)14(17)18)20-13(5-2-6-13)8-12(15)16/h3-4,7H,2,5-6,8H2,1H3,(H,15,16). The third kappa shape index (κ3) is 2.81. The summed E-state index contributed by atoms with van der Waals surface area (Å²) in [5, 5.41) is 20.0. The summed E-state index contributed by atoms with van der Waals surface area (Å²) in [5.41, 5.74) is -1.05. The Morgan fingerprint density at radius 1 is 1.50 bits per heavy atom. The second-order valence-electron chi connectivity index (χ2n) is 4.80. The predicted octanol–water partition coefficient (Wildman–Crippen LogP) is 2.38. The third-order valence-electron chi connectivity index (χ3n) is 3.43. The summed E-state index contributed by atoms with van der Waals surface area (Å²) < 4.78 is 10.6. The van der Waals surface area contributed by atoms with Crippen molar-refractivity contribution < 1.29 is 24.3 Å². The molecule has 0 aromatic heterocycles. The Kier molecular flexibility index (Phi) is 3.78. The van der Waals surface area contributed by atoms with Gasteiger partial charge in [0.2, 0.25) is 0 Å². The fourth-order valence-electron chi connectivity index (χ4n) is 2.25. The second kappa shape index (κ2) is 5.36. The van der Waals surface area contributed by atoms with Gasteiger partial charge < -0.3 is 14.6 Å². The minimum Gasteiger partial charge on any atom is -0.496 e. The van der Waals surface area contributed by atoms with E-state index in [0.717, 1.165) is 6.42 Å². The third-order valence-corrected chi connectivity index (χ3v) is 3.43. The molecule has 7 nitrogen and oxygen atoms in total. The van der Waals surface area contributed by atoms with Crippen LogP contribution in [0.15, 0.2) is 18.2 Å². The van der Waals surface area contributed by atoms with Crippen LogP contribution in [-0.2, 0) is 4.79 Å². The number of rotatable bonds is 6. The highest BCUT2D eigenvalue weighted by atomic mass is 16.6. The highest BCUT2D eigenvalue weighted by Crippen LogP contribution is 2.42. The van der Waals surface area contributed by atoms with Crippen molar-refractivity contribution in [2.45, 2.75) is 31.3 Å². The van der Waals surface area contributed by atoms with Gasteiger partial charge in [-0.05, 0) is 31.4 Å². The molecule has 0 bridgehead atoms. The molecule has 0 aliphatic heterocycles. The molecule has 0 saturated heterocycles. The number of carboxylic acid groups (broad SMARTS) is 1. The highest BCUT2D eigenvalue weighted by molar-refractivity contribution is 5.68. The van der Waals surface area contributed by atoms with Crippen molar-refractivity contribution in [3.05, 3.63) is 28.3 Å². The van der Waals surface area contributed by atoms with Crippen LogP contribution in [-0.4, -0.2) is 28.7 Å². The van der Waals surface area contributed by atoms with Crippen LogP contribution in [0.5, 0.6) is 11.5 Å². The van der Waals surface area contributed by atoms with E-state index in [-0.39, 0.29) is 17.9 Å². The van der Waals surface area contributed by atoms with Crippen molar-refractivity contribution in [2.24, 2.45) is 0 Å². The molecular weight excluding hydrogens is 266 g/mol. The molecule has 108 valence electrons. The molecule has 1 N–H and O–H groups in total.